The van der Waals surface area contributed by atoms with E-state index in [-0.39, 0.29) is 5.91 Å². The van der Waals surface area contributed by atoms with E-state index in [0.717, 1.165) is 27.3 Å². The number of aryl methyl sites for hydroxylation is 2. The standard InChI is InChI=1S/C16H12ClN5OS2/c1-8-10-5-9(6-18-14(10)22(2)21-8)15(23)20-16-19-11(7-24-16)12-3-4-13(17)25-12/h3-7H,1-2H3,(H,19,20,23). The van der Waals surface area contributed by atoms with Gasteiger partial charge in [-0.05, 0) is 25.1 Å². The summed E-state index contributed by atoms with van der Waals surface area (Å²) >= 11 is 8.78. The fraction of sp³-hybridized carbons (Fsp3) is 0.125. The molecule has 0 saturated heterocycles. The maximum atomic E-state index is 12.5. The quantitative estimate of drug-likeness (QED) is 0.564. The van der Waals surface area contributed by atoms with Gasteiger partial charge in [0.25, 0.3) is 5.91 Å². The molecule has 0 fully saturated rings. The predicted octanol–water partition coefficient (Wildman–Crippen LogP) is 4.37. The minimum absolute atomic E-state index is 0.247. The van der Waals surface area contributed by atoms with Crippen molar-refractivity contribution in [3.8, 4) is 10.6 Å². The van der Waals surface area contributed by atoms with Crippen LogP contribution in [0.2, 0.25) is 4.34 Å². The van der Waals surface area contributed by atoms with Crippen LogP contribution in [0, 0.1) is 6.92 Å². The zero-order valence-electron chi connectivity index (χ0n) is 13.3. The summed E-state index contributed by atoms with van der Waals surface area (Å²) in [5, 5.41) is 10.4. The molecule has 4 rings (SSSR count). The SMILES string of the molecule is Cc1nn(C)c2ncc(C(=O)Nc3nc(-c4ccc(Cl)s4)cs3)cc12. The first kappa shape index (κ1) is 16.2. The van der Waals surface area contributed by atoms with Crippen molar-refractivity contribution in [3.63, 3.8) is 0 Å². The molecule has 0 atom stereocenters. The lowest BCUT2D eigenvalue weighted by atomic mass is 10.2. The second kappa shape index (κ2) is 6.21. The first-order valence-corrected chi connectivity index (χ1v) is 9.40. The summed E-state index contributed by atoms with van der Waals surface area (Å²) in [6.07, 6.45) is 1.55. The Balaban J connectivity index is 1.58. The number of rotatable bonds is 3. The Bertz CT molecular complexity index is 1100. The third-order valence-electron chi connectivity index (χ3n) is 3.68. The molecule has 126 valence electrons. The van der Waals surface area contributed by atoms with Gasteiger partial charge in [-0.1, -0.05) is 11.6 Å². The number of aromatic nitrogens is 4. The van der Waals surface area contributed by atoms with Gasteiger partial charge in [0, 0.05) is 24.0 Å². The number of thiazole rings is 1. The molecule has 0 aliphatic heterocycles. The highest BCUT2D eigenvalue weighted by Gasteiger charge is 2.14. The van der Waals surface area contributed by atoms with E-state index < -0.39 is 0 Å². The monoisotopic (exact) mass is 389 g/mol. The third-order valence-corrected chi connectivity index (χ3v) is 5.69. The van der Waals surface area contributed by atoms with Crippen molar-refractivity contribution in [2.45, 2.75) is 6.92 Å². The molecule has 0 aliphatic carbocycles. The van der Waals surface area contributed by atoms with Crippen molar-refractivity contribution >= 4 is 56.3 Å². The summed E-state index contributed by atoms with van der Waals surface area (Å²) in [6.45, 7) is 1.89. The number of amides is 1. The molecule has 4 aromatic heterocycles. The fourth-order valence-corrected chi connectivity index (χ4v) is 4.28. The van der Waals surface area contributed by atoms with Crippen LogP contribution in [0.1, 0.15) is 16.1 Å². The largest absolute Gasteiger partial charge is 0.298 e. The van der Waals surface area contributed by atoms with Crippen LogP contribution in [0.3, 0.4) is 0 Å². The Morgan fingerprint density at radius 2 is 2.20 bits per heavy atom. The number of hydrogen-bond donors (Lipinski definition) is 1. The second-order valence-corrected chi connectivity index (χ2v) is 7.97. The van der Waals surface area contributed by atoms with Crippen molar-refractivity contribution in [2.24, 2.45) is 7.05 Å². The molecule has 6 nitrogen and oxygen atoms in total. The third kappa shape index (κ3) is 3.04. The molecule has 0 bridgehead atoms. The summed E-state index contributed by atoms with van der Waals surface area (Å²) in [7, 11) is 1.83. The van der Waals surface area contributed by atoms with E-state index in [2.05, 4.69) is 20.4 Å². The number of carbonyl (C=O) groups excluding carboxylic acids is 1. The van der Waals surface area contributed by atoms with Crippen molar-refractivity contribution in [2.75, 3.05) is 5.32 Å². The zero-order valence-corrected chi connectivity index (χ0v) is 15.7. The van der Waals surface area contributed by atoms with Gasteiger partial charge < -0.3 is 0 Å². The topological polar surface area (TPSA) is 72.7 Å². The van der Waals surface area contributed by atoms with Crippen LogP contribution in [0.25, 0.3) is 21.6 Å². The van der Waals surface area contributed by atoms with Gasteiger partial charge in [0.2, 0.25) is 0 Å². The number of fused-ring (bicyclic) bond motifs is 1. The highest BCUT2D eigenvalue weighted by Crippen LogP contribution is 2.33. The van der Waals surface area contributed by atoms with E-state index in [1.807, 2.05) is 31.5 Å². The van der Waals surface area contributed by atoms with Crippen LogP contribution in [-0.2, 0) is 7.05 Å². The number of hydrogen-bond acceptors (Lipinski definition) is 6. The summed E-state index contributed by atoms with van der Waals surface area (Å²) in [6, 6.07) is 5.54. The van der Waals surface area contributed by atoms with Crippen molar-refractivity contribution in [1.82, 2.24) is 19.7 Å². The van der Waals surface area contributed by atoms with Crippen LogP contribution >= 0.6 is 34.3 Å². The first-order valence-electron chi connectivity index (χ1n) is 7.33. The van der Waals surface area contributed by atoms with E-state index >= 15 is 0 Å². The molecule has 25 heavy (non-hydrogen) atoms. The Labute approximate surface area is 156 Å². The average molecular weight is 390 g/mol. The number of nitrogens with zero attached hydrogens (tertiary/aromatic N) is 4. The van der Waals surface area contributed by atoms with E-state index in [1.54, 1.807) is 16.9 Å². The molecular weight excluding hydrogens is 378 g/mol. The first-order chi connectivity index (χ1) is 12.0. The Hall–Kier alpha value is -2.29. The Morgan fingerprint density at radius 1 is 1.36 bits per heavy atom. The van der Waals surface area contributed by atoms with E-state index in [0.29, 0.717) is 15.0 Å². The number of nitrogens with one attached hydrogen (secondary N) is 1. The smallest absolute Gasteiger partial charge is 0.259 e. The van der Waals surface area contributed by atoms with Gasteiger partial charge in [-0.25, -0.2) is 9.97 Å². The molecule has 0 radical (unpaired) electrons. The predicted molar refractivity (Wildman–Crippen MR) is 102 cm³/mol. The molecule has 0 spiro atoms. The molecule has 0 aliphatic rings. The number of halogens is 1. The second-order valence-electron chi connectivity index (χ2n) is 5.40. The van der Waals surface area contributed by atoms with Crippen LogP contribution in [0.5, 0.6) is 0 Å². The molecule has 0 aromatic carbocycles. The number of carbonyl (C=O) groups is 1. The van der Waals surface area contributed by atoms with Gasteiger partial charge in [-0.15, -0.1) is 22.7 Å². The maximum Gasteiger partial charge on any atom is 0.259 e. The summed E-state index contributed by atoms with van der Waals surface area (Å²) < 4.78 is 2.41. The fourth-order valence-electron chi connectivity index (χ4n) is 2.50. The summed E-state index contributed by atoms with van der Waals surface area (Å²) in [5.41, 5.74) is 2.86. The van der Waals surface area contributed by atoms with Crippen LogP contribution in [-0.4, -0.2) is 25.7 Å². The highest BCUT2D eigenvalue weighted by molar-refractivity contribution is 7.20. The Kier molecular flexibility index (Phi) is 4.03. The number of anilines is 1. The van der Waals surface area contributed by atoms with Crippen LogP contribution < -0.4 is 5.32 Å². The minimum atomic E-state index is -0.247. The van der Waals surface area contributed by atoms with Crippen LogP contribution in [0.15, 0.2) is 29.8 Å². The molecule has 1 N–H and O–H groups in total. The molecule has 0 saturated carbocycles. The Morgan fingerprint density at radius 3 is 2.96 bits per heavy atom. The zero-order chi connectivity index (χ0) is 17.6. The van der Waals surface area contributed by atoms with Crippen LogP contribution in [0.4, 0.5) is 5.13 Å². The minimum Gasteiger partial charge on any atom is -0.298 e. The number of pyridine rings is 1. The van der Waals surface area contributed by atoms with E-state index in [1.165, 1.54) is 22.7 Å². The molecule has 4 aromatic rings. The molecule has 0 unspecified atom stereocenters. The maximum absolute atomic E-state index is 12.5. The van der Waals surface area contributed by atoms with Gasteiger partial charge >= 0.3 is 0 Å². The lowest BCUT2D eigenvalue weighted by Crippen LogP contribution is -2.12. The molecular formula is C16H12ClN5OS2. The van der Waals surface area contributed by atoms with Gasteiger partial charge in [-0.3, -0.25) is 14.8 Å². The lowest BCUT2D eigenvalue weighted by Gasteiger charge is -2.02. The molecule has 1 amide bonds. The lowest BCUT2D eigenvalue weighted by molar-refractivity contribution is 0.102. The van der Waals surface area contributed by atoms with Gasteiger partial charge in [0.15, 0.2) is 10.8 Å². The van der Waals surface area contributed by atoms with Gasteiger partial charge in [0.1, 0.15) is 0 Å². The van der Waals surface area contributed by atoms with Gasteiger partial charge in [0.05, 0.1) is 26.2 Å². The molecule has 9 heteroatoms. The van der Waals surface area contributed by atoms with E-state index in [4.69, 9.17) is 11.6 Å². The van der Waals surface area contributed by atoms with Gasteiger partial charge in [-0.2, -0.15) is 5.10 Å². The highest BCUT2D eigenvalue weighted by atomic mass is 35.5. The number of thiophene rings is 1. The van der Waals surface area contributed by atoms with Crippen molar-refractivity contribution in [3.05, 3.63) is 45.4 Å². The van der Waals surface area contributed by atoms with Crippen molar-refractivity contribution in [1.29, 1.82) is 0 Å². The normalized spacial score (nSPS) is 11.2. The summed E-state index contributed by atoms with van der Waals surface area (Å²) in [5.74, 6) is -0.247. The van der Waals surface area contributed by atoms with Crippen molar-refractivity contribution < 1.29 is 4.79 Å². The average Bonchev–Trinajstić information content (AvgIpc) is 3.28. The summed E-state index contributed by atoms with van der Waals surface area (Å²) in [4.78, 5) is 22.2. The molecule has 4 heterocycles. The van der Waals surface area contributed by atoms with E-state index in [9.17, 15) is 4.79 Å².